The normalized spacial score (nSPS) is 17.3. The molecule has 1 saturated heterocycles. The standard InChI is InChI=1S/C19H30N4O2.ClH/c1-13-9-14(2)18(15(3)10-13)22-17(24)12-23-8-4-5-16(11-23)19(25)21-7-6-20;/h9-10,16H,4-8,11-12,20H2,1-3H3,(H,21,25)(H,22,24);1H. The highest BCUT2D eigenvalue weighted by molar-refractivity contribution is 5.94. The summed E-state index contributed by atoms with van der Waals surface area (Å²) in [5.74, 6) is -0.0465. The number of nitrogens with zero attached hydrogens (tertiary/aromatic N) is 1. The number of hydrogen-bond donors (Lipinski definition) is 3. The van der Waals surface area contributed by atoms with Gasteiger partial charge < -0.3 is 16.4 Å². The number of piperidine rings is 1. The molecule has 26 heavy (non-hydrogen) atoms. The number of halogens is 1. The number of benzene rings is 1. The Kier molecular flexibility index (Phi) is 9.05. The molecule has 1 aliphatic heterocycles. The molecular weight excluding hydrogens is 352 g/mol. The van der Waals surface area contributed by atoms with Crippen LogP contribution in [0.1, 0.15) is 29.5 Å². The molecule has 0 radical (unpaired) electrons. The molecule has 0 bridgehead atoms. The van der Waals surface area contributed by atoms with Crippen LogP contribution in [0.5, 0.6) is 0 Å². The molecule has 1 unspecified atom stereocenters. The maximum absolute atomic E-state index is 12.4. The van der Waals surface area contributed by atoms with Crippen LogP contribution in [0, 0.1) is 26.7 Å². The zero-order valence-electron chi connectivity index (χ0n) is 15.9. The van der Waals surface area contributed by atoms with E-state index in [0.717, 1.165) is 36.2 Å². The number of likely N-dealkylation sites (tertiary alicyclic amines) is 1. The third kappa shape index (κ3) is 6.27. The molecule has 1 aliphatic rings. The Labute approximate surface area is 162 Å². The van der Waals surface area contributed by atoms with Crippen LogP contribution < -0.4 is 16.4 Å². The molecule has 4 N–H and O–H groups in total. The second kappa shape index (κ2) is 10.5. The lowest BCUT2D eigenvalue weighted by atomic mass is 9.97. The van der Waals surface area contributed by atoms with Gasteiger partial charge in [0.15, 0.2) is 0 Å². The van der Waals surface area contributed by atoms with Gasteiger partial charge in [-0.05, 0) is 51.3 Å². The number of amides is 2. The Balaban J connectivity index is 0.00000338. The van der Waals surface area contributed by atoms with Crippen molar-refractivity contribution in [3.05, 3.63) is 28.8 Å². The summed E-state index contributed by atoms with van der Waals surface area (Å²) in [6.45, 7) is 8.79. The fraction of sp³-hybridized carbons (Fsp3) is 0.579. The van der Waals surface area contributed by atoms with Gasteiger partial charge in [-0.3, -0.25) is 14.5 Å². The maximum Gasteiger partial charge on any atom is 0.238 e. The predicted octanol–water partition coefficient (Wildman–Crippen LogP) is 1.76. The van der Waals surface area contributed by atoms with Gasteiger partial charge in [0.05, 0.1) is 12.5 Å². The number of nitrogens with one attached hydrogen (secondary N) is 2. The molecule has 0 aliphatic carbocycles. The smallest absolute Gasteiger partial charge is 0.238 e. The Morgan fingerprint density at radius 1 is 1.23 bits per heavy atom. The molecule has 1 atom stereocenters. The lowest BCUT2D eigenvalue weighted by Crippen LogP contribution is -2.46. The van der Waals surface area contributed by atoms with E-state index in [9.17, 15) is 9.59 Å². The largest absolute Gasteiger partial charge is 0.355 e. The third-order valence-corrected chi connectivity index (χ3v) is 4.63. The summed E-state index contributed by atoms with van der Waals surface area (Å²) in [6.07, 6.45) is 1.79. The van der Waals surface area contributed by atoms with E-state index in [-0.39, 0.29) is 30.1 Å². The van der Waals surface area contributed by atoms with E-state index in [1.807, 2.05) is 13.8 Å². The molecule has 146 valence electrons. The topological polar surface area (TPSA) is 87.5 Å². The summed E-state index contributed by atoms with van der Waals surface area (Å²) in [5, 5.41) is 5.88. The molecule has 2 amide bonds. The van der Waals surface area contributed by atoms with Crippen molar-refractivity contribution in [2.75, 3.05) is 38.0 Å². The molecule has 0 saturated carbocycles. The Bertz CT molecular complexity index is 613. The fourth-order valence-electron chi connectivity index (χ4n) is 3.51. The molecule has 0 spiro atoms. The first-order chi connectivity index (χ1) is 11.9. The molecule has 7 heteroatoms. The van der Waals surface area contributed by atoms with E-state index in [4.69, 9.17) is 5.73 Å². The van der Waals surface area contributed by atoms with E-state index < -0.39 is 0 Å². The third-order valence-electron chi connectivity index (χ3n) is 4.63. The van der Waals surface area contributed by atoms with Gasteiger partial charge in [-0.25, -0.2) is 0 Å². The summed E-state index contributed by atoms with van der Waals surface area (Å²) in [5.41, 5.74) is 9.66. The lowest BCUT2D eigenvalue weighted by molar-refractivity contribution is -0.127. The summed E-state index contributed by atoms with van der Waals surface area (Å²) in [7, 11) is 0. The molecular formula is C19H31ClN4O2. The van der Waals surface area contributed by atoms with Crippen LogP contribution in [0.4, 0.5) is 5.69 Å². The Hall–Kier alpha value is -1.63. The minimum Gasteiger partial charge on any atom is -0.355 e. The molecule has 6 nitrogen and oxygen atoms in total. The Morgan fingerprint density at radius 2 is 1.88 bits per heavy atom. The molecule has 1 fully saturated rings. The maximum atomic E-state index is 12.4. The SMILES string of the molecule is Cc1cc(C)c(NC(=O)CN2CCCC(C(=O)NCCN)C2)c(C)c1.Cl. The van der Waals surface area contributed by atoms with Crippen LogP contribution in [0.2, 0.25) is 0 Å². The number of carbonyl (C=O) groups is 2. The summed E-state index contributed by atoms with van der Waals surface area (Å²) < 4.78 is 0. The van der Waals surface area contributed by atoms with Gasteiger partial charge >= 0.3 is 0 Å². The van der Waals surface area contributed by atoms with Crippen LogP contribution in [-0.4, -0.2) is 49.4 Å². The number of nitrogens with two attached hydrogens (primary N) is 1. The average molecular weight is 383 g/mol. The molecule has 1 heterocycles. The first-order valence-electron chi connectivity index (χ1n) is 8.98. The van der Waals surface area contributed by atoms with Gasteiger partial charge in [0, 0.05) is 25.3 Å². The van der Waals surface area contributed by atoms with E-state index in [2.05, 4.69) is 34.6 Å². The van der Waals surface area contributed by atoms with Crippen molar-refractivity contribution in [3.63, 3.8) is 0 Å². The Morgan fingerprint density at radius 3 is 2.50 bits per heavy atom. The number of aryl methyl sites for hydroxylation is 3. The number of carbonyl (C=O) groups excluding carboxylic acids is 2. The van der Waals surface area contributed by atoms with Gasteiger partial charge in [0.2, 0.25) is 11.8 Å². The van der Waals surface area contributed by atoms with Crippen molar-refractivity contribution in [1.82, 2.24) is 10.2 Å². The van der Waals surface area contributed by atoms with Crippen molar-refractivity contribution in [2.24, 2.45) is 11.7 Å². The van der Waals surface area contributed by atoms with Gasteiger partial charge in [-0.1, -0.05) is 17.7 Å². The van der Waals surface area contributed by atoms with Crippen molar-refractivity contribution in [1.29, 1.82) is 0 Å². The predicted molar refractivity (Wildman–Crippen MR) is 108 cm³/mol. The highest BCUT2D eigenvalue weighted by Gasteiger charge is 2.26. The summed E-state index contributed by atoms with van der Waals surface area (Å²) in [6, 6.07) is 4.14. The van der Waals surface area contributed by atoms with Crippen molar-refractivity contribution >= 4 is 29.9 Å². The van der Waals surface area contributed by atoms with E-state index in [0.29, 0.717) is 26.2 Å². The van der Waals surface area contributed by atoms with Gasteiger partial charge in [-0.2, -0.15) is 0 Å². The molecule has 1 aromatic rings. The van der Waals surface area contributed by atoms with E-state index in [1.54, 1.807) is 0 Å². The molecule has 1 aromatic carbocycles. The van der Waals surface area contributed by atoms with Gasteiger partial charge in [-0.15, -0.1) is 12.4 Å². The fourth-order valence-corrected chi connectivity index (χ4v) is 3.51. The van der Waals surface area contributed by atoms with E-state index in [1.165, 1.54) is 5.56 Å². The van der Waals surface area contributed by atoms with Crippen LogP contribution in [0.15, 0.2) is 12.1 Å². The van der Waals surface area contributed by atoms with Crippen molar-refractivity contribution < 1.29 is 9.59 Å². The quantitative estimate of drug-likeness (QED) is 0.699. The highest BCUT2D eigenvalue weighted by Crippen LogP contribution is 2.22. The van der Waals surface area contributed by atoms with Crippen molar-refractivity contribution in [2.45, 2.75) is 33.6 Å². The molecule has 0 aromatic heterocycles. The van der Waals surface area contributed by atoms with E-state index >= 15 is 0 Å². The zero-order valence-corrected chi connectivity index (χ0v) is 16.7. The van der Waals surface area contributed by atoms with Crippen LogP contribution in [0.25, 0.3) is 0 Å². The van der Waals surface area contributed by atoms with Crippen molar-refractivity contribution in [3.8, 4) is 0 Å². The second-order valence-electron chi connectivity index (χ2n) is 6.98. The summed E-state index contributed by atoms with van der Waals surface area (Å²) in [4.78, 5) is 26.6. The highest BCUT2D eigenvalue weighted by atomic mass is 35.5. The van der Waals surface area contributed by atoms with Crippen LogP contribution >= 0.6 is 12.4 Å². The van der Waals surface area contributed by atoms with Gasteiger partial charge in [0.25, 0.3) is 0 Å². The zero-order chi connectivity index (χ0) is 18.4. The van der Waals surface area contributed by atoms with Crippen LogP contribution in [-0.2, 0) is 9.59 Å². The first kappa shape index (κ1) is 22.4. The second-order valence-corrected chi connectivity index (χ2v) is 6.98. The molecule has 2 rings (SSSR count). The minimum absolute atomic E-state index is 0. The number of rotatable bonds is 6. The summed E-state index contributed by atoms with van der Waals surface area (Å²) >= 11 is 0. The monoisotopic (exact) mass is 382 g/mol. The number of hydrogen-bond acceptors (Lipinski definition) is 4. The minimum atomic E-state index is -0.0593. The first-order valence-corrected chi connectivity index (χ1v) is 8.98. The van der Waals surface area contributed by atoms with Gasteiger partial charge in [0.1, 0.15) is 0 Å². The average Bonchev–Trinajstić information content (AvgIpc) is 2.56. The lowest BCUT2D eigenvalue weighted by Gasteiger charge is -2.31. The number of anilines is 1. The van der Waals surface area contributed by atoms with Crippen LogP contribution in [0.3, 0.4) is 0 Å².